The van der Waals surface area contributed by atoms with Gasteiger partial charge in [-0.05, 0) is 6.92 Å². The maximum Gasteiger partial charge on any atom is 0.490 e. The molecule has 12 N–H and O–H groups in total. The number of aromatic amines is 2. The molecule has 0 aromatic carbocycles. The van der Waals surface area contributed by atoms with E-state index in [0.29, 0.717) is 6.54 Å². The Hall–Kier alpha value is -4.62. The molecule has 3 fully saturated rings. The maximum atomic E-state index is 13.6. The Balaban J connectivity index is 0.939. The summed E-state index contributed by atoms with van der Waals surface area (Å²) in [5.41, 5.74) is 3.82. The lowest BCUT2D eigenvalue weighted by atomic mass is 9.99. The second kappa shape index (κ2) is 22.6. The van der Waals surface area contributed by atoms with Crippen molar-refractivity contribution >= 4 is 65.4 Å². The summed E-state index contributed by atoms with van der Waals surface area (Å²) in [6.45, 7) is -1.29. The van der Waals surface area contributed by atoms with Crippen LogP contribution in [0.4, 0.5) is 11.8 Å². The minimum Gasteiger partial charge on any atom is -0.387 e. The fourth-order valence-corrected chi connectivity index (χ4v) is 13.0. The van der Waals surface area contributed by atoms with E-state index < -0.39 is 141 Å². The fourth-order valence-electron chi connectivity index (χ4n) is 8.51. The van der Waals surface area contributed by atoms with Gasteiger partial charge in [-0.1, -0.05) is 4.98 Å². The lowest BCUT2D eigenvalue weighted by Crippen LogP contribution is -2.45. The van der Waals surface area contributed by atoms with Gasteiger partial charge in [0.2, 0.25) is 11.7 Å². The second-order valence-electron chi connectivity index (χ2n) is 16.8. The van der Waals surface area contributed by atoms with E-state index in [0.717, 1.165) is 36.6 Å². The summed E-state index contributed by atoms with van der Waals surface area (Å²) in [5, 5.41) is 35.5. The number of anilines is 2. The van der Waals surface area contributed by atoms with Crippen molar-refractivity contribution in [2.45, 2.75) is 74.4 Å². The fraction of sp³-hybridized carbons (Fsp3) is 0.600. The average molecular weight is 1160 g/mol. The molecule has 16 atom stereocenters. The number of hydrogen-bond acceptors (Lipinski definition) is 27. The molecule has 420 valence electrons. The van der Waals surface area contributed by atoms with Crippen molar-refractivity contribution < 1.29 is 108 Å². The number of phosphoric acid groups is 4. The molecular weight excluding hydrogens is 1110 g/mol. The van der Waals surface area contributed by atoms with E-state index >= 15 is 0 Å². The first-order valence-electron chi connectivity index (χ1n) is 22.1. The van der Waals surface area contributed by atoms with Gasteiger partial charge in [-0.25, -0.2) is 42.6 Å². The maximum absolute atomic E-state index is 13.6. The van der Waals surface area contributed by atoms with Gasteiger partial charge in [0.05, 0.1) is 45.9 Å². The summed E-state index contributed by atoms with van der Waals surface area (Å²) in [5.74, 6) is -1.00. The highest BCUT2D eigenvalue weighted by Crippen LogP contribution is 2.68. The average Bonchev–Trinajstić information content (AvgIpc) is 4.13. The van der Waals surface area contributed by atoms with Crippen LogP contribution in [0.25, 0.3) is 22.3 Å². The van der Waals surface area contributed by atoms with Crippen molar-refractivity contribution in [2.24, 2.45) is 13.0 Å². The van der Waals surface area contributed by atoms with Crippen LogP contribution in [0.3, 0.4) is 0 Å². The molecule has 8 rings (SSSR count). The zero-order chi connectivity index (χ0) is 55.2. The van der Waals surface area contributed by atoms with Gasteiger partial charge in [0.15, 0.2) is 30.2 Å². The molecule has 5 aromatic rings. The third-order valence-electron chi connectivity index (χ3n) is 11.8. The van der Waals surface area contributed by atoms with E-state index in [1.165, 1.54) is 34.2 Å². The van der Waals surface area contributed by atoms with Gasteiger partial charge in [0.25, 0.3) is 17.1 Å². The molecule has 0 saturated carbocycles. The van der Waals surface area contributed by atoms with Gasteiger partial charge in [-0.3, -0.25) is 51.4 Å². The molecule has 0 radical (unpaired) electrons. The molecule has 3 aliphatic heterocycles. The normalized spacial score (nSPS) is 30.1. The van der Waals surface area contributed by atoms with Crippen LogP contribution < -0.4 is 32.4 Å². The van der Waals surface area contributed by atoms with Crippen LogP contribution in [0.15, 0.2) is 45.6 Å². The molecule has 5 aromatic heterocycles. The number of hydrogen-bond donors (Lipinski definition) is 11. The van der Waals surface area contributed by atoms with Crippen LogP contribution in [-0.2, 0) is 75.7 Å². The number of aryl methyl sites for hydroxylation is 1. The number of aromatic nitrogens is 10. The third kappa shape index (κ3) is 12.3. The number of nitrogens with one attached hydrogen (secondary N) is 3. The molecule has 0 aliphatic carbocycles. The second-order valence-corrected chi connectivity index (χ2v) is 22.9. The van der Waals surface area contributed by atoms with Gasteiger partial charge in [0.1, 0.15) is 54.6 Å². The van der Waals surface area contributed by atoms with Crippen LogP contribution >= 0.6 is 31.3 Å². The van der Waals surface area contributed by atoms with E-state index in [1.54, 1.807) is 6.92 Å². The van der Waals surface area contributed by atoms with Gasteiger partial charge < -0.3 is 69.6 Å². The standard InChI is InChI=1S/C35H50N12O25P4/c1-5-37-34-42-29-21(30(52)43-34)44(2)14-47(29)31-22(49)15(8-62-3)16(67-31)9-65-74(56,57)71-76(60,61)72-75(58,59)66-11-18-25(26(63-4)33(69-18)46-13-40-20-27(36)38-12-39-28(20)46)70-73(54,55)64-10-17-23(50)24(51)32(68-17)45-7-6-19(48)41-35(45)53/h6-7,12-18,22-26,31-33,49-51H,5,8-11H2,1-4H3,(H8-,36,37,38,39,41,42,43,48,52,53,54,55,56,57,58,59,60,61)/p+1/t15-,16-,17-,18-,22-,23-,24-,25-,26-,31-,32-,33-/m1/s1. The molecule has 0 spiro atoms. The van der Waals surface area contributed by atoms with E-state index in [2.05, 4.69) is 38.9 Å². The first-order valence-corrected chi connectivity index (χ1v) is 28.1. The highest BCUT2D eigenvalue weighted by atomic mass is 31.3. The Morgan fingerprint density at radius 3 is 2.11 bits per heavy atom. The number of rotatable bonds is 23. The first-order chi connectivity index (χ1) is 35.8. The van der Waals surface area contributed by atoms with Crippen LogP contribution in [0.2, 0.25) is 0 Å². The number of aliphatic hydroxyl groups is 3. The van der Waals surface area contributed by atoms with Gasteiger partial charge in [-0.2, -0.15) is 8.62 Å². The Morgan fingerprint density at radius 1 is 0.789 bits per heavy atom. The van der Waals surface area contributed by atoms with Crippen LogP contribution in [0.1, 0.15) is 25.6 Å². The number of fused-ring (bicyclic) bond motifs is 2. The quantitative estimate of drug-likeness (QED) is 0.0228. The van der Waals surface area contributed by atoms with E-state index in [1.807, 2.05) is 4.98 Å². The van der Waals surface area contributed by atoms with E-state index in [9.17, 15) is 67.5 Å². The lowest BCUT2D eigenvalue weighted by Gasteiger charge is -2.26. The van der Waals surface area contributed by atoms with Crippen molar-refractivity contribution in [1.82, 2.24) is 43.6 Å². The monoisotopic (exact) mass is 1160 g/mol. The predicted molar refractivity (Wildman–Crippen MR) is 247 cm³/mol. The molecule has 76 heavy (non-hydrogen) atoms. The molecule has 4 unspecified atom stereocenters. The number of nitrogen functional groups attached to an aromatic ring is 1. The third-order valence-corrected chi connectivity index (χ3v) is 17.1. The summed E-state index contributed by atoms with van der Waals surface area (Å²) >= 11 is 0. The molecule has 0 bridgehead atoms. The highest BCUT2D eigenvalue weighted by molar-refractivity contribution is 7.66. The predicted octanol–water partition coefficient (Wildman–Crippen LogP) is -3.12. The van der Waals surface area contributed by atoms with Crippen molar-refractivity contribution in [3.63, 3.8) is 0 Å². The summed E-state index contributed by atoms with van der Waals surface area (Å²) < 4.78 is 115. The minimum atomic E-state index is -6.18. The Kier molecular flexibility index (Phi) is 17.1. The molecule has 8 heterocycles. The number of nitrogens with zero attached hydrogens (tertiary/aromatic N) is 8. The molecular formula is C35H51N12O25P4+. The van der Waals surface area contributed by atoms with Crippen molar-refractivity contribution in [3.05, 3.63) is 62.4 Å². The topological polar surface area (TPSA) is 502 Å². The molecule has 3 aliphatic rings. The number of H-pyrrole nitrogens is 2. The molecule has 0 amide bonds. The van der Waals surface area contributed by atoms with Crippen LogP contribution in [0.5, 0.6) is 0 Å². The molecule has 37 nitrogen and oxygen atoms in total. The smallest absolute Gasteiger partial charge is 0.387 e. The lowest BCUT2D eigenvalue weighted by molar-refractivity contribution is -0.745. The van der Waals surface area contributed by atoms with Crippen LogP contribution in [0, 0.1) is 5.92 Å². The summed E-state index contributed by atoms with van der Waals surface area (Å²) in [7, 11) is -19.5. The summed E-state index contributed by atoms with van der Waals surface area (Å²) in [6, 6.07) is 0.928. The number of phosphoric ester groups is 3. The van der Waals surface area contributed by atoms with E-state index in [4.69, 9.17) is 47.5 Å². The minimum absolute atomic E-state index is 0.0118. The zero-order valence-corrected chi connectivity index (χ0v) is 43.4. The number of methoxy groups -OCH3 is 2. The SMILES string of the molecule is CCNc1nc2c(c(=O)[nH]1)n(C)c[n+]2[C@@H]1O[C@H](COP(=O)(O)OP(=O)(O)OP(=O)(O)OC[C@H]2O[C@@H](n3cnc4c(N)ncnc43)[C@H](OC)[C@@H]2OP(=O)(O)OC[C@H]2O[C@@H](n3ccc(=O)[nH]c3=O)[C@H](O)[C@@H]2O)[C@@H](COC)[C@H]1O. The van der Waals surface area contributed by atoms with E-state index in [-0.39, 0.29) is 40.7 Å². The summed E-state index contributed by atoms with van der Waals surface area (Å²) in [4.78, 5) is 100. The Morgan fingerprint density at radius 2 is 1.45 bits per heavy atom. The number of imidazole rings is 2. The van der Waals surface area contributed by atoms with Gasteiger partial charge in [0, 0.05) is 38.9 Å². The molecule has 3 saturated heterocycles. The van der Waals surface area contributed by atoms with Crippen molar-refractivity contribution in [2.75, 3.05) is 58.2 Å². The van der Waals surface area contributed by atoms with Gasteiger partial charge >= 0.3 is 42.6 Å². The van der Waals surface area contributed by atoms with Gasteiger partial charge in [-0.15, -0.1) is 0 Å². The number of aliphatic hydroxyl groups excluding tert-OH is 3. The first kappa shape index (κ1) is 57.6. The highest BCUT2D eigenvalue weighted by Gasteiger charge is 2.54. The van der Waals surface area contributed by atoms with Crippen molar-refractivity contribution in [1.29, 1.82) is 0 Å². The molecule has 41 heteroatoms. The van der Waals surface area contributed by atoms with Crippen LogP contribution in [-0.4, -0.2) is 175 Å². The number of nitrogens with two attached hydrogens (primary N) is 1. The largest absolute Gasteiger partial charge is 0.490 e. The Bertz CT molecular complexity index is 3300. The van der Waals surface area contributed by atoms with Crippen molar-refractivity contribution in [3.8, 4) is 0 Å². The summed E-state index contributed by atoms with van der Waals surface area (Å²) in [6.07, 6.45) is -13.2. The number of ether oxygens (including phenoxy) is 5. The Labute approximate surface area is 424 Å². The zero-order valence-electron chi connectivity index (χ0n) is 39.8.